The SMILES string of the molecule is CCN(C(=O)[C@H](C)OC(=O)Cc1cccc2ccccc12)c1ccccc1. The molecule has 0 saturated heterocycles. The van der Waals surface area contributed by atoms with Crippen LogP contribution in [0.3, 0.4) is 0 Å². The molecule has 138 valence electrons. The van der Waals surface area contributed by atoms with Crippen molar-refractivity contribution in [3.05, 3.63) is 78.4 Å². The van der Waals surface area contributed by atoms with Crippen LogP contribution >= 0.6 is 0 Å². The van der Waals surface area contributed by atoms with E-state index in [-0.39, 0.29) is 12.3 Å². The number of anilines is 1. The quantitative estimate of drug-likeness (QED) is 0.613. The Kier molecular flexibility index (Phi) is 5.87. The number of carbonyl (C=O) groups excluding carboxylic acids is 2. The van der Waals surface area contributed by atoms with Crippen LogP contribution in [0.5, 0.6) is 0 Å². The highest BCUT2D eigenvalue weighted by molar-refractivity contribution is 5.97. The molecular weight excluding hydrogens is 338 g/mol. The highest BCUT2D eigenvalue weighted by Gasteiger charge is 2.24. The molecule has 0 aliphatic heterocycles. The van der Waals surface area contributed by atoms with Gasteiger partial charge in [0, 0.05) is 12.2 Å². The van der Waals surface area contributed by atoms with E-state index in [9.17, 15) is 9.59 Å². The topological polar surface area (TPSA) is 46.6 Å². The van der Waals surface area contributed by atoms with Gasteiger partial charge in [0.1, 0.15) is 0 Å². The highest BCUT2D eigenvalue weighted by atomic mass is 16.5. The molecule has 0 aliphatic carbocycles. The zero-order chi connectivity index (χ0) is 19.2. The minimum absolute atomic E-state index is 0.135. The lowest BCUT2D eigenvalue weighted by Crippen LogP contribution is -2.40. The van der Waals surface area contributed by atoms with Crippen LogP contribution in [0.1, 0.15) is 19.4 Å². The van der Waals surface area contributed by atoms with Crippen molar-refractivity contribution in [2.24, 2.45) is 0 Å². The summed E-state index contributed by atoms with van der Waals surface area (Å²) in [4.78, 5) is 26.8. The smallest absolute Gasteiger partial charge is 0.311 e. The molecule has 0 fully saturated rings. The summed E-state index contributed by atoms with van der Waals surface area (Å²) in [6.45, 7) is 4.03. The molecule has 3 aromatic rings. The van der Waals surface area contributed by atoms with Gasteiger partial charge < -0.3 is 9.64 Å². The van der Waals surface area contributed by atoms with Crippen molar-refractivity contribution in [3.8, 4) is 0 Å². The zero-order valence-corrected chi connectivity index (χ0v) is 15.6. The molecule has 4 nitrogen and oxygen atoms in total. The number of hydrogen-bond donors (Lipinski definition) is 0. The number of hydrogen-bond acceptors (Lipinski definition) is 3. The maximum Gasteiger partial charge on any atom is 0.311 e. The van der Waals surface area contributed by atoms with Crippen LogP contribution < -0.4 is 4.90 Å². The Bertz CT molecular complexity index is 931. The molecule has 0 bridgehead atoms. The first-order chi connectivity index (χ1) is 13.1. The van der Waals surface area contributed by atoms with Crippen molar-refractivity contribution < 1.29 is 14.3 Å². The summed E-state index contributed by atoms with van der Waals surface area (Å²) in [5, 5.41) is 2.10. The Morgan fingerprint density at radius 2 is 1.59 bits per heavy atom. The first-order valence-corrected chi connectivity index (χ1v) is 9.12. The van der Waals surface area contributed by atoms with E-state index < -0.39 is 12.1 Å². The molecule has 0 aliphatic rings. The van der Waals surface area contributed by atoms with Gasteiger partial charge in [0.15, 0.2) is 6.10 Å². The summed E-state index contributed by atoms with van der Waals surface area (Å²) in [6, 6.07) is 23.1. The van der Waals surface area contributed by atoms with Crippen molar-refractivity contribution in [1.82, 2.24) is 0 Å². The average Bonchev–Trinajstić information content (AvgIpc) is 2.69. The Labute approximate surface area is 159 Å². The number of rotatable bonds is 6. The Hall–Kier alpha value is -3.14. The van der Waals surface area contributed by atoms with E-state index in [1.807, 2.05) is 79.7 Å². The minimum Gasteiger partial charge on any atom is -0.452 e. The van der Waals surface area contributed by atoms with Gasteiger partial charge in [0.05, 0.1) is 6.42 Å². The molecule has 4 heteroatoms. The Balaban J connectivity index is 1.69. The number of para-hydroxylation sites is 1. The summed E-state index contributed by atoms with van der Waals surface area (Å²) in [5.74, 6) is -0.633. The largest absolute Gasteiger partial charge is 0.452 e. The van der Waals surface area contributed by atoms with Crippen LogP contribution in [0, 0.1) is 0 Å². The lowest BCUT2D eigenvalue weighted by molar-refractivity contribution is -0.153. The van der Waals surface area contributed by atoms with E-state index in [1.165, 1.54) is 0 Å². The minimum atomic E-state index is -0.840. The summed E-state index contributed by atoms with van der Waals surface area (Å²) < 4.78 is 5.44. The predicted molar refractivity (Wildman–Crippen MR) is 108 cm³/mol. The van der Waals surface area contributed by atoms with Crippen molar-refractivity contribution in [2.75, 3.05) is 11.4 Å². The zero-order valence-electron chi connectivity index (χ0n) is 15.6. The number of amides is 1. The van der Waals surface area contributed by atoms with Crippen LogP contribution in [0.25, 0.3) is 10.8 Å². The van der Waals surface area contributed by atoms with Gasteiger partial charge in [-0.15, -0.1) is 0 Å². The molecule has 0 aromatic heterocycles. The van der Waals surface area contributed by atoms with Crippen molar-refractivity contribution in [2.45, 2.75) is 26.4 Å². The maximum absolute atomic E-state index is 12.7. The van der Waals surface area contributed by atoms with Crippen molar-refractivity contribution >= 4 is 28.3 Å². The third kappa shape index (κ3) is 4.34. The second-order valence-corrected chi connectivity index (χ2v) is 6.37. The molecule has 0 unspecified atom stereocenters. The second kappa shape index (κ2) is 8.49. The van der Waals surface area contributed by atoms with E-state index in [2.05, 4.69) is 0 Å². The van der Waals surface area contributed by atoms with Crippen molar-refractivity contribution in [1.29, 1.82) is 0 Å². The summed E-state index contributed by atoms with van der Waals surface area (Å²) >= 11 is 0. The van der Waals surface area contributed by atoms with Gasteiger partial charge in [-0.05, 0) is 42.3 Å². The standard InChI is InChI=1S/C23H23NO3/c1-3-24(20-13-5-4-6-14-20)23(26)17(2)27-22(25)16-19-12-9-11-18-10-7-8-15-21(18)19/h4-15,17H,3,16H2,1-2H3/t17-/m0/s1. The van der Waals surface area contributed by atoms with Gasteiger partial charge in [-0.25, -0.2) is 0 Å². The summed E-state index contributed by atoms with van der Waals surface area (Å²) in [5.41, 5.74) is 1.69. The van der Waals surface area contributed by atoms with Gasteiger partial charge in [-0.2, -0.15) is 0 Å². The number of esters is 1. The van der Waals surface area contributed by atoms with Crippen LogP contribution in [-0.2, 0) is 20.7 Å². The number of likely N-dealkylation sites (N-methyl/N-ethyl adjacent to an activating group) is 1. The molecule has 0 N–H and O–H groups in total. The molecular formula is C23H23NO3. The van der Waals surface area contributed by atoms with Crippen LogP contribution in [0.2, 0.25) is 0 Å². The molecule has 0 saturated carbocycles. The molecule has 0 spiro atoms. The van der Waals surface area contributed by atoms with E-state index in [1.54, 1.807) is 11.8 Å². The number of benzene rings is 3. The van der Waals surface area contributed by atoms with E-state index in [0.29, 0.717) is 6.54 Å². The molecule has 0 heterocycles. The van der Waals surface area contributed by atoms with Crippen LogP contribution in [-0.4, -0.2) is 24.5 Å². The van der Waals surface area contributed by atoms with Crippen LogP contribution in [0.4, 0.5) is 5.69 Å². The van der Waals surface area contributed by atoms with Gasteiger partial charge >= 0.3 is 5.97 Å². The van der Waals surface area contributed by atoms with Gasteiger partial charge in [-0.1, -0.05) is 60.7 Å². The summed E-state index contributed by atoms with van der Waals surface area (Å²) in [6.07, 6.45) is -0.705. The first-order valence-electron chi connectivity index (χ1n) is 9.12. The van der Waals surface area contributed by atoms with Gasteiger partial charge in [0.2, 0.25) is 0 Å². The summed E-state index contributed by atoms with van der Waals surface area (Å²) in [7, 11) is 0. The maximum atomic E-state index is 12.7. The molecule has 0 radical (unpaired) electrons. The van der Waals surface area contributed by atoms with Crippen molar-refractivity contribution in [3.63, 3.8) is 0 Å². The fourth-order valence-electron chi connectivity index (χ4n) is 3.18. The second-order valence-electron chi connectivity index (χ2n) is 6.37. The third-order valence-electron chi connectivity index (χ3n) is 4.52. The predicted octanol–water partition coefficient (Wildman–Crippen LogP) is 4.37. The highest BCUT2D eigenvalue weighted by Crippen LogP contribution is 2.20. The number of carbonyl (C=O) groups is 2. The number of ether oxygens (including phenoxy) is 1. The normalized spacial score (nSPS) is 11.8. The Morgan fingerprint density at radius 3 is 2.33 bits per heavy atom. The molecule has 1 atom stereocenters. The van der Waals surface area contributed by atoms with Gasteiger partial charge in [0.25, 0.3) is 5.91 Å². The third-order valence-corrected chi connectivity index (χ3v) is 4.52. The Morgan fingerprint density at radius 1 is 0.926 bits per heavy atom. The molecule has 27 heavy (non-hydrogen) atoms. The first kappa shape index (κ1) is 18.6. The van der Waals surface area contributed by atoms with E-state index in [0.717, 1.165) is 22.0 Å². The lowest BCUT2D eigenvalue weighted by Gasteiger charge is -2.24. The fourth-order valence-corrected chi connectivity index (χ4v) is 3.18. The van der Waals surface area contributed by atoms with E-state index >= 15 is 0 Å². The molecule has 3 rings (SSSR count). The average molecular weight is 361 g/mol. The molecule has 1 amide bonds. The number of fused-ring (bicyclic) bond motifs is 1. The number of nitrogens with zero attached hydrogens (tertiary/aromatic N) is 1. The van der Waals surface area contributed by atoms with E-state index in [4.69, 9.17) is 4.74 Å². The fraction of sp³-hybridized carbons (Fsp3) is 0.217. The lowest BCUT2D eigenvalue weighted by atomic mass is 10.0. The van der Waals surface area contributed by atoms with Crippen LogP contribution in [0.15, 0.2) is 72.8 Å². The van der Waals surface area contributed by atoms with Gasteiger partial charge in [-0.3, -0.25) is 9.59 Å². The molecule has 3 aromatic carbocycles. The monoisotopic (exact) mass is 361 g/mol.